The first-order chi connectivity index (χ1) is 14.3. The Labute approximate surface area is 176 Å². The average Bonchev–Trinajstić information content (AvgIpc) is 3.26. The van der Waals surface area contributed by atoms with Gasteiger partial charge in [0.05, 0.1) is 18.9 Å². The van der Waals surface area contributed by atoms with Crippen molar-refractivity contribution in [3.05, 3.63) is 65.5 Å². The van der Waals surface area contributed by atoms with E-state index in [4.69, 9.17) is 18.9 Å². The summed E-state index contributed by atoms with van der Waals surface area (Å²) in [6.07, 6.45) is 0. The summed E-state index contributed by atoms with van der Waals surface area (Å²) in [7, 11) is 0. The molecule has 2 aromatic rings. The molecule has 7 heteroatoms. The van der Waals surface area contributed by atoms with Gasteiger partial charge in [-0.05, 0) is 38.5 Å². The Morgan fingerprint density at radius 3 is 2.53 bits per heavy atom. The van der Waals surface area contributed by atoms with Gasteiger partial charge in [-0.25, -0.2) is 9.98 Å². The van der Waals surface area contributed by atoms with Crippen molar-refractivity contribution in [2.45, 2.75) is 39.2 Å². The van der Waals surface area contributed by atoms with Crippen LogP contribution in [0.1, 0.15) is 43.8 Å². The van der Waals surface area contributed by atoms with Crippen LogP contribution in [-0.2, 0) is 30.3 Å². The van der Waals surface area contributed by atoms with E-state index in [-0.39, 0.29) is 31.8 Å². The van der Waals surface area contributed by atoms with Gasteiger partial charge in [-0.2, -0.15) is 0 Å². The first-order valence-electron chi connectivity index (χ1n) is 10.0. The maximum absolute atomic E-state index is 12.6. The molecule has 0 spiro atoms. The normalized spacial score (nSPS) is 22.1. The number of ether oxygens (including phenoxy) is 4. The zero-order valence-corrected chi connectivity index (χ0v) is 17.5. The zero-order chi connectivity index (χ0) is 21.2. The molecule has 4 rings (SSSR count). The highest BCUT2D eigenvalue weighted by Gasteiger charge is 2.43. The van der Waals surface area contributed by atoms with E-state index >= 15 is 0 Å². The third-order valence-corrected chi connectivity index (χ3v) is 5.18. The van der Waals surface area contributed by atoms with E-state index in [1.165, 1.54) is 0 Å². The summed E-state index contributed by atoms with van der Waals surface area (Å²) in [6.45, 7) is 6.46. The SMILES string of the molecule is CC1(C)OCC(C)(C(=O)OCc2cccc(C3=N[C@@H](c4ccccc4)CO3)n2)CO1. The lowest BCUT2D eigenvalue weighted by Crippen LogP contribution is -2.49. The summed E-state index contributed by atoms with van der Waals surface area (Å²) in [4.78, 5) is 21.8. The minimum absolute atomic E-state index is 0.0417. The van der Waals surface area contributed by atoms with Crippen molar-refractivity contribution in [2.24, 2.45) is 10.4 Å². The smallest absolute Gasteiger partial charge is 0.316 e. The molecule has 30 heavy (non-hydrogen) atoms. The van der Waals surface area contributed by atoms with Crippen LogP contribution in [0, 0.1) is 5.41 Å². The summed E-state index contributed by atoms with van der Waals surface area (Å²) in [5.74, 6) is -0.556. The van der Waals surface area contributed by atoms with Crippen LogP contribution in [0.4, 0.5) is 0 Å². The fourth-order valence-corrected chi connectivity index (χ4v) is 3.22. The number of hydrogen-bond donors (Lipinski definition) is 0. The standard InChI is InChI=1S/C23H26N2O5/c1-22(2)29-14-23(3,15-30-22)21(26)28-12-17-10-7-11-18(24-17)20-25-19(13-27-20)16-8-5-4-6-9-16/h4-11,19H,12-15H2,1-3H3/t19-/m1/s1. The number of carbonyl (C=O) groups excluding carboxylic acids is 1. The molecule has 0 amide bonds. The number of aliphatic imine (C=N–C) groups is 1. The maximum atomic E-state index is 12.6. The van der Waals surface area contributed by atoms with E-state index in [0.717, 1.165) is 5.56 Å². The molecular weight excluding hydrogens is 384 g/mol. The summed E-state index contributed by atoms with van der Waals surface area (Å²) in [5, 5.41) is 0. The number of carbonyl (C=O) groups is 1. The number of aromatic nitrogens is 1. The summed E-state index contributed by atoms with van der Waals surface area (Å²) < 4.78 is 22.5. The number of hydrogen-bond acceptors (Lipinski definition) is 7. The molecule has 2 aliphatic rings. The van der Waals surface area contributed by atoms with Crippen molar-refractivity contribution in [1.82, 2.24) is 4.98 Å². The molecule has 1 fully saturated rings. The molecule has 0 radical (unpaired) electrons. The van der Waals surface area contributed by atoms with Gasteiger partial charge in [-0.3, -0.25) is 4.79 Å². The van der Waals surface area contributed by atoms with Crippen molar-refractivity contribution < 1.29 is 23.7 Å². The van der Waals surface area contributed by atoms with Crippen molar-refractivity contribution >= 4 is 11.9 Å². The molecule has 7 nitrogen and oxygen atoms in total. The van der Waals surface area contributed by atoms with Crippen LogP contribution >= 0.6 is 0 Å². The van der Waals surface area contributed by atoms with Gasteiger partial charge in [-0.1, -0.05) is 36.4 Å². The first kappa shape index (κ1) is 20.5. The molecule has 1 aromatic carbocycles. The Hall–Kier alpha value is -2.77. The second-order valence-electron chi connectivity index (χ2n) is 8.30. The minimum atomic E-state index is -0.839. The molecule has 2 aliphatic heterocycles. The number of pyridine rings is 1. The number of benzene rings is 1. The Morgan fingerprint density at radius 1 is 1.07 bits per heavy atom. The van der Waals surface area contributed by atoms with Crippen molar-refractivity contribution in [3.63, 3.8) is 0 Å². The van der Waals surface area contributed by atoms with Gasteiger partial charge >= 0.3 is 5.97 Å². The highest BCUT2D eigenvalue weighted by Crippen LogP contribution is 2.31. The largest absolute Gasteiger partial charge is 0.474 e. The number of esters is 1. The van der Waals surface area contributed by atoms with Crippen LogP contribution in [0.3, 0.4) is 0 Å². The molecule has 0 aliphatic carbocycles. The molecule has 0 N–H and O–H groups in total. The fraction of sp³-hybridized carbons (Fsp3) is 0.435. The van der Waals surface area contributed by atoms with E-state index in [9.17, 15) is 4.79 Å². The second kappa shape index (κ2) is 8.16. The molecule has 0 saturated carbocycles. The van der Waals surface area contributed by atoms with Crippen LogP contribution in [0.15, 0.2) is 53.5 Å². The highest BCUT2D eigenvalue weighted by molar-refractivity contribution is 5.93. The fourth-order valence-electron chi connectivity index (χ4n) is 3.22. The molecular formula is C23H26N2O5. The monoisotopic (exact) mass is 410 g/mol. The summed E-state index contributed by atoms with van der Waals surface area (Å²) in [5.41, 5.74) is 1.51. The van der Waals surface area contributed by atoms with Crippen LogP contribution in [0.2, 0.25) is 0 Å². The van der Waals surface area contributed by atoms with Crippen molar-refractivity contribution in [1.29, 1.82) is 0 Å². The van der Waals surface area contributed by atoms with Crippen LogP contribution < -0.4 is 0 Å². The minimum Gasteiger partial charge on any atom is -0.474 e. The zero-order valence-electron chi connectivity index (χ0n) is 17.5. The van der Waals surface area contributed by atoms with Gasteiger partial charge < -0.3 is 18.9 Å². The molecule has 1 aromatic heterocycles. The van der Waals surface area contributed by atoms with Gasteiger partial charge in [0.2, 0.25) is 5.90 Å². The van der Waals surface area contributed by atoms with Gasteiger partial charge in [-0.15, -0.1) is 0 Å². The number of nitrogens with zero attached hydrogens (tertiary/aromatic N) is 2. The lowest BCUT2D eigenvalue weighted by molar-refractivity contribution is -0.281. The van der Waals surface area contributed by atoms with Gasteiger partial charge in [0.15, 0.2) is 5.79 Å². The third kappa shape index (κ3) is 4.52. The quantitative estimate of drug-likeness (QED) is 0.703. The van der Waals surface area contributed by atoms with E-state index in [1.54, 1.807) is 13.0 Å². The van der Waals surface area contributed by atoms with Gasteiger partial charge in [0, 0.05) is 0 Å². The average molecular weight is 410 g/mol. The van der Waals surface area contributed by atoms with E-state index in [1.807, 2.05) is 56.3 Å². The van der Waals surface area contributed by atoms with Crippen LogP contribution in [0.25, 0.3) is 0 Å². The predicted octanol–water partition coefficient (Wildman–Crippen LogP) is 3.43. The molecule has 0 unspecified atom stereocenters. The molecule has 1 saturated heterocycles. The Kier molecular flexibility index (Phi) is 5.58. The number of rotatable bonds is 5. The van der Waals surface area contributed by atoms with Crippen LogP contribution in [-0.4, -0.2) is 42.5 Å². The maximum Gasteiger partial charge on any atom is 0.316 e. The lowest BCUT2D eigenvalue weighted by Gasteiger charge is -2.39. The Morgan fingerprint density at radius 2 is 1.80 bits per heavy atom. The predicted molar refractivity (Wildman–Crippen MR) is 110 cm³/mol. The van der Waals surface area contributed by atoms with E-state index < -0.39 is 11.2 Å². The van der Waals surface area contributed by atoms with E-state index in [0.29, 0.717) is 23.9 Å². The summed E-state index contributed by atoms with van der Waals surface area (Å²) in [6, 6.07) is 15.5. The Bertz CT molecular complexity index is 932. The van der Waals surface area contributed by atoms with Crippen molar-refractivity contribution in [3.8, 4) is 0 Å². The third-order valence-electron chi connectivity index (χ3n) is 5.18. The second-order valence-corrected chi connectivity index (χ2v) is 8.30. The molecule has 1 atom stereocenters. The first-order valence-corrected chi connectivity index (χ1v) is 10.0. The van der Waals surface area contributed by atoms with Gasteiger partial charge in [0.25, 0.3) is 0 Å². The van der Waals surface area contributed by atoms with Crippen molar-refractivity contribution in [2.75, 3.05) is 19.8 Å². The van der Waals surface area contributed by atoms with E-state index in [2.05, 4.69) is 9.98 Å². The summed E-state index contributed by atoms with van der Waals surface area (Å²) >= 11 is 0. The molecule has 158 valence electrons. The highest BCUT2D eigenvalue weighted by atomic mass is 16.7. The topological polar surface area (TPSA) is 79.2 Å². The van der Waals surface area contributed by atoms with Gasteiger partial charge in [0.1, 0.15) is 30.4 Å². The Balaban J connectivity index is 1.39. The lowest BCUT2D eigenvalue weighted by atomic mass is 9.92. The molecule has 3 heterocycles. The molecule has 0 bridgehead atoms. The van der Waals surface area contributed by atoms with Crippen LogP contribution in [0.5, 0.6) is 0 Å².